The van der Waals surface area contributed by atoms with Crippen LogP contribution in [-0.2, 0) is 20.9 Å². The van der Waals surface area contributed by atoms with E-state index in [1.165, 1.54) is 48.9 Å². The molecule has 2 N–H and O–H groups in total. The van der Waals surface area contributed by atoms with Crippen LogP contribution in [0.2, 0.25) is 0 Å². The van der Waals surface area contributed by atoms with Gasteiger partial charge in [0.05, 0.1) is 12.2 Å². The van der Waals surface area contributed by atoms with Crippen LogP contribution in [0.4, 0.5) is 5.69 Å². The van der Waals surface area contributed by atoms with Gasteiger partial charge in [-0.15, -0.1) is 0 Å². The van der Waals surface area contributed by atoms with Crippen molar-refractivity contribution in [1.29, 1.82) is 0 Å². The number of nitrogens with one attached hydrogen (secondary N) is 1. The lowest BCUT2D eigenvalue weighted by Gasteiger charge is -2.73. The summed E-state index contributed by atoms with van der Waals surface area (Å²) in [5, 5.41) is 13.2. The molecule has 1 saturated heterocycles. The molecule has 6 aliphatic rings. The van der Waals surface area contributed by atoms with Crippen LogP contribution in [-0.4, -0.2) is 61.2 Å². The van der Waals surface area contributed by atoms with Crippen LogP contribution >= 0.6 is 0 Å². The number of carbonyl (C=O) groups is 2. The Balaban J connectivity index is 1.05. The minimum Gasteiger partial charge on any atom is -0.513 e. The third-order valence-electron chi connectivity index (χ3n) is 18.6. The van der Waals surface area contributed by atoms with E-state index in [9.17, 15) is 14.7 Å². The number of rotatable bonds is 11. The van der Waals surface area contributed by atoms with E-state index in [4.69, 9.17) is 4.74 Å². The summed E-state index contributed by atoms with van der Waals surface area (Å²) in [6, 6.07) is 8.85. The molecule has 1 aliphatic heterocycles. The fourth-order valence-electron chi connectivity index (χ4n) is 15.5. The molecule has 0 radical (unpaired) electrons. The highest BCUT2D eigenvalue weighted by Crippen LogP contribution is 2.78. The predicted octanol–water partition coefficient (Wildman–Crippen LogP) is 10.9. The van der Waals surface area contributed by atoms with E-state index in [-0.39, 0.29) is 57.2 Å². The number of aliphatic hydroxyl groups excluding tert-OH is 1. The number of benzene rings is 1. The first-order valence-corrected chi connectivity index (χ1v) is 23.1. The first kappa shape index (κ1) is 43.3. The van der Waals surface area contributed by atoms with Crippen LogP contribution in [0.25, 0.3) is 0 Å². The zero-order valence-electron chi connectivity index (χ0n) is 38.0. The number of nitrogens with zero attached hydrogens (tertiary/aromatic N) is 2. The van der Waals surface area contributed by atoms with Crippen LogP contribution < -0.4 is 10.2 Å². The molecule has 1 aromatic rings. The summed E-state index contributed by atoms with van der Waals surface area (Å²) in [5.41, 5.74) is 3.89. The zero-order valence-corrected chi connectivity index (χ0v) is 38.0. The first-order valence-electron chi connectivity index (χ1n) is 23.1. The number of ether oxygens (including phenoxy) is 1. The fourth-order valence-corrected chi connectivity index (χ4v) is 15.5. The summed E-state index contributed by atoms with van der Waals surface area (Å²) in [5.74, 6) is 2.86. The van der Waals surface area contributed by atoms with Gasteiger partial charge in [0.2, 0.25) is 5.91 Å². The van der Waals surface area contributed by atoms with Crippen LogP contribution in [0.5, 0.6) is 0 Å². The summed E-state index contributed by atoms with van der Waals surface area (Å²) in [4.78, 5) is 32.3. The van der Waals surface area contributed by atoms with E-state index < -0.39 is 5.41 Å². The molecule has 10 atom stereocenters. The molecule has 322 valence electrons. The number of likely N-dealkylation sites (N-methyl/N-ethyl adjacent to an activating group) is 1. The van der Waals surface area contributed by atoms with Gasteiger partial charge >= 0.3 is 5.97 Å². The maximum absolute atomic E-state index is 14.0. The Kier molecular flexibility index (Phi) is 11.6. The summed E-state index contributed by atoms with van der Waals surface area (Å²) < 4.78 is 6.39. The van der Waals surface area contributed by atoms with Gasteiger partial charge in [0.1, 0.15) is 6.10 Å². The number of allylic oxidation sites excluding steroid dienone is 2. The largest absolute Gasteiger partial charge is 0.513 e. The minimum absolute atomic E-state index is 0.0381. The Morgan fingerprint density at radius 3 is 2.19 bits per heavy atom. The van der Waals surface area contributed by atoms with Gasteiger partial charge in [-0.3, -0.25) is 9.59 Å². The number of hydrogen-bond donors (Lipinski definition) is 2. The lowest BCUT2D eigenvalue weighted by Crippen LogP contribution is -2.67. The van der Waals surface area contributed by atoms with Crippen molar-refractivity contribution in [3.05, 3.63) is 54.3 Å². The molecule has 5 saturated carbocycles. The molecular weight excluding hydrogens is 719 g/mol. The van der Waals surface area contributed by atoms with E-state index in [1.807, 2.05) is 13.8 Å². The number of amides is 1. The van der Waals surface area contributed by atoms with Crippen LogP contribution in [0, 0.1) is 62.1 Å². The van der Waals surface area contributed by atoms with E-state index >= 15 is 0 Å². The number of aliphatic hydroxyl groups is 1. The van der Waals surface area contributed by atoms with Gasteiger partial charge in [-0.05, 0) is 153 Å². The Morgan fingerprint density at radius 1 is 0.845 bits per heavy atom. The molecule has 6 fully saturated rings. The molecule has 0 spiro atoms. The Labute approximate surface area is 352 Å². The molecule has 0 aromatic heterocycles. The number of piperazine rings is 1. The third kappa shape index (κ3) is 7.59. The molecular formula is C51H79N3O4. The molecule has 1 amide bonds. The lowest BCUT2D eigenvalue weighted by atomic mass is 9.32. The predicted molar refractivity (Wildman–Crippen MR) is 236 cm³/mol. The van der Waals surface area contributed by atoms with Crippen LogP contribution in [0.15, 0.2) is 48.8 Å². The van der Waals surface area contributed by atoms with Gasteiger partial charge in [0, 0.05) is 56.7 Å². The SMILES string of the molecule is C=C(O)CC(C)(C)CC(=O)OC1CC[C@@]2(C)C(CC[C@]3(C)C2CC[C@@H]2C4[C@H](C(=C)C)CC[C@]4(CC(=O)NCc4ccc(N5CCN(C)CC5)cc4)CC[C@]23C)C1(C)C. The van der Waals surface area contributed by atoms with Crippen molar-refractivity contribution in [3.63, 3.8) is 0 Å². The Morgan fingerprint density at radius 2 is 1.53 bits per heavy atom. The Hall–Kier alpha value is -2.80. The maximum Gasteiger partial charge on any atom is 0.306 e. The normalized spacial score (nSPS) is 38.4. The average molecular weight is 798 g/mol. The van der Waals surface area contributed by atoms with Gasteiger partial charge in [-0.2, -0.15) is 0 Å². The van der Waals surface area contributed by atoms with E-state index in [0.29, 0.717) is 49.0 Å². The average Bonchev–Trinajstić information content (AvgIpc) is 3.51. The maximum atomic E-state index is 14.0. The molecule has 4 unspecified atom stereocenters. The zero-order chi connectivity index (χ0) is 42.1. The monoisotopic (exact) mass is 798 g/mol. The number of anilines is 1. The van der Waals surface area contributed by atoms with Crippen molar-refractivity contribution >= 4 is 17.6 Å². The van der Waals surface area contributed by atoms with Gasteiger partial charge < -0.3 is 25.0 Å². The molecule has 0 bridgehead atoms. The summed E-state index contributed by atoms with van der Waals surface area (Å²) in [6.45, 7) is 32.1. The van der Waals surface area contributed by atoms with Crippen LogP contribution in [0.1, 0.15) is 144 Å². The summed E-state index contributed by atoms with van der Waals surface area (Å²) >= 11 is 0. The van der Waals surface area contributed by atoms with Gasteiger partial charge in [0.25, 0.3) is 0 Å². The van der Waals surface area contributed by atoms with Crippen molar-refractivity contribution in [2.24, 2.45) is 62.1 Å². The highest BCUT2D eigenvalue weighted by molar-refractivity contribution is 5.77. The second kappa shape index (κ2) is 15.6. The summed E-state index contributed by atoms with van der Waals surface area (Å²) in [6.07, 6.45) is 12.7. The third-order valence-corrected chi connectivity index (χ3v) is 18.6. The number of esters is 1. The van der Waals surface area contributed by atoms with Gasteiger partial charge in [-0.1, -0.05) is 79.3 Å². The molecule has 58 heavy (non-hydrogen) atoms. The fraction of sp³-hybridized carbons (Fsp3) is 0.765. The minimum atomic E-state index is -0.390. The highest BCUT2D eigenvalue weighted by Gasteiger charge is 2.71. The first-order chi connectivity index (χ1) is 27.1. The Bertz CT molecular complexity index is 1730. The molecule has 1 aromatic carbocycles. The molecule has 7 rings (SSSR count). The second-order valence-electron chi connectivity index (χ2n) is 22.9. The van der Waals surface area contributed by atoms with Gasteiger partial charge in [0.15, 0.2) is 0 Å². The number of carbonyl (C=O) groups excluding carboxylic acids is 2. The van der Waals surface area contributed by atoms with Crippen molar-refractivity contribution in [1.82, 2.24) is 10.2 Å². The summed E-state index contributed by atoms with van der Waals surface area (Å²) in [7, 11) is 2.19. The van der Waals surface area contributed by atoms with Crippen molar-refractivity contribution < 1.29 is 19.4 Å². The van der Waals surface area contributed by atoms with Gasteiger partial charge in [-0.25, -0.2) is 0 Å². The quantitative estimate of drug-likeness (QED) is 0.132. The van der Waals surface area contributed by atoms with E-state index in [2.05, 4.69) is 101 Å². The van der Waals surface area contributed by atoms with E-state index in [0.717, 1.165) is 58.3 Å². The lowest BCUT2D eigenvalue weighted by molar-refractivity contribution is -0.250. The number of fused-ring (bicyclic) bond motifs is 7. The van der Waals surface area contributed by atoms with E-state index in [1.54, 1.807) is 0 Å². The standard InChI is InChI=1S/C51H79N3O4/c1-34(2)38-18-23-51(31-43(56)52-33-36-12-14-37(15-13-36)54-28-26-53(11)27-29-54)25-24-49(9)39(45(38)51)16-17-41-48(8)21-20-42(47(6,7)40(48)19-22-50(41,49)10)58-44(57)32-46(4,5)30-35(3)55/h12-15,38-42,45,55H,1,3,16-33H2,2,4-11H3,(H,52,56)/t38-,39+,40?,41?,42?,45?,48-,49+,50+,51+/m0/s1. The molecule has 7 nitrogen and oxygen atoms in total. The molecule has 1 heterocycles. The second-order valence-corrected chi connectivity index (χ2v) is 22.9. The van der Waals surface area contributed by atoms with Crippen molar-refractivity contribution in [2.75, 3.05) is 38.1 Å². The molecule has 7 heteroatoms. The molecule has 5 aliphatic carbocycles. The smallest absolute Gasteiger partial charge is 0.306 e. The highest BCUT2D eigenvalue weighted by atomic mass is 16.5. The number of hydrogen-bond acceptors (Lipinski definition) is 6. The van der Waals surface area contributed by atoms with Crippen molar-refractivity contribution in [3.8, 4) is 0 Å². The van der Waals surface area contributed by atoms with Crippen LogP contribution in [0.3, 0.4) is 0 Å². The van der Waals surface area contributed by atoms with Crippen molar-refractivity contribution in [2.45, 2.75) is 152 Å². The topological polar surface area (TPSA) is 82.1 Å².